The third-order valence-electron chi connectivity index (χ3n) is 5.06. The molecule has 0 saturated carbocycles. The second-order valence-electron chi connectivity index (χ2n) is 6.91. The molecule has 0 aliphatic carbocycles. The number of hydrogen-bond acceptors (Lipinski definition) is 4. The average molecular weight is 404 g/mol. The number of carbonyl (C=O) groups is 1. The molecule has 0 aliphatic rings. The van der Waals surface area contributed by atoms with E-state index in [9.17, 15) is 4.79 Å². The number of carbonyl (C=O) groups excluding carboxylic acids is 1. The van der Waals surface area contributed by atoms with Crippen LogP contribution in [0.1, 0.15) is 12.5 Å². The molecule has 7 nitrogen and oxygen atoms in total. The normalized spacial score (nSPS) is 10.9. The van der Waals surface area contributed by atoms with Gasteiger partial charge >= 0.3 is 0 Å². The van der Waals surface area contributed by atoms with E-state index >= 15 is 0 Å². The maximum absolute atomic E-state index is 12.4. The quantitative estimate of drug-likeness (QED) is 0.483. The van der Waals surface area contributed by atoms with Gasteiger partial charge in [0.15, 0.2) is 5.82 Å². The van der Waals surface area contributed by atoms with Gasteiger partial charge in [0.05, 0.1) is 37.5 Å². The number of aromatic nitrogens is 3. The molecular formula is C23H24N4O3. The van der Waals surface area contributed by atoms with E-state index in [-0.39, 0.29) is 12.3 Å². The molecule has 2 heterocycles. The molecule has 4 rings (SSSR count). The molecule has 2 N–H and O–H groups in total. The lowest BCUT2D eigenvalue weighted by molar-refractivity contribution is -0.115. The van der Waals surface area contributed by atoms with Gasteiger partial charge in [-0.15, -0.1) is 0 Å². The highest BCUT2D eigenvalue weighted by molar-refractivity contribution is 5.93. The summed E-state index contributed by atoms with van der Waals surface area (Å²) in [6, 6.07) is 17.4. The van der Waals surface area contributed by atoms with Crippen molar-refractivity contribution in [3.63, 3.8) is 0 Å². The van der Waals surface area contributed by atoms with E-state index in [0.29, 0.717) is 5.82 Å². The van der Waals surface area contributed by atoms with Gasteiger partial charge in [0.25, 0.3) is 0 Å². The van der Waals surface area contributed by atoms with Gasteiger partial charge in [-0.05, 0) is 42.8 Å². The lowest BCUT2D eigenvalue weighted by Gasteiger charge is -2.06. The molecule has 0 spiro atoms. The average Bonchev–Trinajstić information content (AvgIpc) is 3.37. The van der Waals surface area contributed by atoms with E-state index in [4.69, 9.17) is 9.47 Å². The van der Waals surface area contributed by atoms with Crippen molar-refractivity contribution in [2.24, 2.45) is 0 Å². The van der Waals surface area contributed by atoms with Crippen LogP contribution in [-0.2, 0) is 17.8 Å². The lowest BCUT2D eigenvalue weighted by atomic mass is 10.1. The van der Waals surface area contributed by atoms with Gasteiger partial charge in [-0.1, -0.05) is 18.2 Å². The zero-order valence-electron chi connectivity index (χ0n) is 17.2. The largest absolute Gasteiger partial charge is 0.497 e. The minimum atomic E-state index is -0.140. The maximum atomic E-state index is 12.4. The third kappa shape index (κ3) is 3.74. The number of nitrogens with zero attached hydrogens (tertiary/aromatic N) is 2. The second-order valence-corrected chi connectivity index (χ2v) is 6.91. The topological polar surface area (TPSA) is 81.2 Å². The number of anilines is 1. The van der Waals surface area contributed by atoms with Crippen molar-refractivity contribution in [1.82, 2.24) is 14.8 Å². The second kappa shape index (κ2) is 8.32. The molecule has 30 heavy (non-hydrogen) atoms. The molecule has 154 valence electrons. The number of H-pyrrole nitrogens is 1. The molecule has 1 amide bonds. The van der Waals surface area contributed by atoms with Crippen LogP contribution in [-0.4, -0.2) is 34.9 Å². The molecule has 0 fully saturated rings. The highest BCUT2D eigenvalue weighted by atomic mass is 16.5. The third-order valence-corrected chi connectivity index (χ3v) is 5.06. The van der Waals surface area contributed by atoms with Gasteiger partial charge < -0.3 is 19.4 Å². The summed E-state index contributed by atoms with van der Waals surface area (Å²) in [6.45, 7) is 2.89. The number of nitrogens with one attached hydrogen (secondary N) is 2. The van der Waals surface area contributed by atoms with Crippen LogP contribution in [0.15, 0.2) is 54.6 Å². The van der Waals surface area contributed by atoms with Crippen molar-refractivity contribution in [2.75, 3.05) is 19.5 Å². The van der Waals surface area contributed by atoms with Crippen molar-refractivity contribution in [2.45, 2.75) is 19.9 Å². The van der Waals surface area contributed by atoms with Gasteiger partial charge in [-0.2, -0.15) is 5.10 Å². The molecule has 2 aromatic carbocycles. The van der Waals surface area contributed by atoms with Crippen LogP contribution in [0.3, 0.4) is 0 Å². The van der Waals surface area contributed by atoms with Crippen LogP contribution < -0.4 is 14.8 Å². The summed E-state index contributed by atoms with van der Waals surface area (Å²) in [5, 5.41) is 11.2. The molecule has 4 aromatic rings. The highest BCUT2D eigenvalue weighted by Crippen LogP contribution is 2.33. The van der Waals surface area contributed by atoms with Crippen LogP contribution >= 0.6 is 0 Å². The van der Waals surface area contributed by atoms with E-state index in [2.05, 4.69) is 39.1 Å². The molecule has 7 heteroatoms. The fourth-order valence-corrected chi connectivity index (χ4v) is 3.67. The van der Waals surface area contributed by atoms with Gasteiger partial charge in [0.2, 0.25) is 5.91 Å². The number of methoxy groups -OCH3 is 2. The number of aromatic amines is 1. The summed E-state index contributed by atoms with van der Waals surface area (Å²) in [5.41, 5.74) is 3.77. The molecule has 2 aromatic heterocycles. The summed E-state index contributed by atoms with van der Waals surface area (Å²) < 4.78 is 12.9. The van der Waals surface area contributed by atoms with Gasteiger partial charge in [-0.25, -0.2) is 0 Å². The summed E-state index contributed by atoms with van der Waals surface area (Å²) >= 11 is 0. The SMILES string of the molecule is CCn1c(-c2cc(NC(=O)Cc3cccc(OC)c3)n[nH]2)cc2c(OC)cccc21. The summed E-state index contributed by atoms with van der Waals surface area (Å²) in [6.07, 6.45) is 0.242. The molecule has 0 aliphatic heterocycles. The maximum Gasteiger partial charge on any atom is 0.229 e. The number of fused-ring (bicyclic) bond motifs is 1. The summed E-state index contributed by atoms with van der Waals surface area (Å²) in [5.74, 6) is 1.90. The van der Waals surface area contributed by atoms with E-state index in [0.717, 1.165) is 45.9 Å². The number of hydrogen-bond donors (Lipinski definition) is 2. The monoisotopic (exact) mass is 404 g/mol. The van der Waals surface area contributed by atoms with E-state index in [1.165, 1.54) is 0 Å². The lowest BCUT2D eigenvalue weighted by Crippen LogP contribution is -2.14. The van der Waals surface area contributed by atoms with Gasteiger partial charge in [0, 0.05) is 18.0 Å². The van der Waals surface area contributed by atoms with E-state index in [1.54, 1.807) is 14.2 Å². The Labute approximate surface area is 174 Å². The van der Waals surface area contributed by atoms with Crippen molar-refractivity contribution in [3.05, 3.63) is 60.2 Å². The van der Waals surface area contributed by atoms with E-state index < -0.39 is 0 Å². The molecule has 0 unspecified atom stereocenters. The van der Waals surface area contributed by atoms with Crippen molar-refractivity contribution in [1.29, 1.82) is 0 Å². The molecule has 0 atom stereocenters. The zero-order valence-corrected chi connectivity index (χ0v) is 17.2. The molecular weight excluding hydrogens is 380 g/mol. The first-order valence-corrected chi connectivity index (χ1v) is 9.77. The van der Waals surface area contributed by atoms with Crippen LogP contribution in [0, 0.1) is 0 Å². The fourth-order valence-electron chi connectivity index (χ4n) is 3.67. The van der Waals surface area contributed by atoms with Crippen LogP contribution in [0.25, 0.3) is 22.3 Å². The van der Waals surface area contributed by atoms with Crippen molar-refractivity contribution >= 4 is 22.6 Å². The standard InChI is InChI=1S/C23H24N4O3/c1-4-27-19-9-6-10-21(30-3)17(19)13-20(27)18-14-22(26-25-18)24-23(28)12-15-7-5-8-16(11-15)29-2/h5-11,13-14H,4,12H2,1-3H3,(H2,24,25,26,28). The highest BCUT2D eigenvalue weighted by Gasteiger charge is 2.15. The predicted octanol–water partition coefficient (Wildman–Crippen LogP) is 4.25. The Morgan fingerprint density at radius 1 is 1.10 bits per heavy atom. The first-order chi connectivity index (χ1) is 14.6. The first kappa shape index (κ1) is 19.6. The summed E-state index contributed by atoms with van der Waals surface area (Å²) in [7, 11) is 3.28. The minimum absolute atomic E-state index is 0.140. The molecule has 0 radical (unpaired) electrons. The van der Waals surface area contributed by atoms with Crippen LogP contribution in [0.4, 0.5) is 5.82 Å². The summed E-state index contributed by atoms with van der Waals surface area (Å²) in [4.78, 5) is 12.4. The van der Waals surface area contributed by atoms with Gasteiger partial charge in [-0.3, -0.25) is 9.89 Å². The van der Waals surface area contributed by atoms with Crippen molar-refractivity contribution in [3.8, 4) is 22.9 Å². The Balaban J connectivity index is 1.56. The molecule has 0 bridgehead atoms. The first-order valence-electron chi connectivity index (χ1n) is 9.77. The van der Waals surface area contributed by atoms with Crippen LogP contribution in [0.2, 0.25) is 0 Å². The number of aryl methyl sites for hydroxylation is 1. The Morgan fingerprint density at radius 3 is 2.70 bits per heavy atom. The van der Waals surface area contributed by atoms with E-state index in [1.807, 2.05) is 42.5 Å². The Hall–Kier alpha value is -3.74. The number of benzene rings is 2. The number of ether oxygens (including phenoxy) is 2. The zero-order chi connectivity index (χ0) is 21.1. The Bertz CT molecular complexity index is 1190. The Kier molecular flexibility index (Phi) is 5.43. The van der Waals surface area contributed by atoms with Gasteiger partial charge in [0.1, 0.15) is 11.5 Å². The predicted molar refractivity (Wildman–Crippen MR) is 117 cm³/mol. The van der Waals surface area contributed by atoms with Crippen LogP contribution in [0.5, 0.6) is 11.5 Å². The smallest absolute Gasteiger partial charge is 0.229 e. The Morgan fingerprint density at radius 2 is 1.93 bits per heavy atom. The number of rotatable bonds is 7. The molecule has 0 saturated heterocycles. The van der Waals surface area contributed by atoms with Crippen molar-refractivity contribution < 1.29 is 14.3 Å². The minimum Gasteiger partial charge on any atom is -0.497 e. The fraction of sp³-hybridized carbons (Fsp3) is 0.217. The number of amides is 1.